The first kappa shape index (κ1) is 23.4. The summed E-state index contributed by atoms with van der Waals surface area (Å²) in [4.78, 5) is 27.6. The smallest absolute Gasteiger partial charge is 0.420 e. The lowest BCUT2D eigenvalue weighted by atomic mass is 10.1. The Morgan fingerprint density at radius 3 is 2.20 bits per heavy atom. The third-order valence-corrected chi connectivity index (χ3v) is 4.03. The number of nitro groups is 1. The van der Waals surface area contributed by atoms with Gasteiger partial charge in [-0.15, -0.1) is 0 Å². The molecule has 2 aromatic carbocycles. The molecule has 0 aromatic heterocycles. The molecule has 8 nitrogen and oxygen atoms in total. The molecule has 0 aliphatic carbocycles. The number of nitrogens with zero attached hydrogens (tertiary/aromatic N) is 1. The van der Waals surface area contributed by atoms with Crippen molar-refractivity contribution in [3.8, 4) is 11.5 Å². The van der Waals surface area contributed by atoms with E-state index >= 15 is 0 Å². The summed E-state index contributed by atoms with van der Waals surface area (Å²) in [6, 6.07) is 3.36. The van der Waals surface area contributed by atoms with Gasteiger partial charge in [0.25, 0.3) is 5.69 Å². The van der Waals surface area contributed by atoms with Gasteiger partial charge in [-0.1, -0.05) is 6.07 Å². The first-order chi connectivity index (χ1) is 13.6. The zero-order valence-electron chi connectivity index (χ0n) is 14.4. The minimum atomic E-state index is -5.19. The highest BCUT2D eigenvalue weighted by molar-refractivity contribution is 7.51. The van der Waals surface area contributed by atoms with Crippen LogP contribution in [0.2, 0.25) is 0 Å². The Labute approximate surface area is 163 Å². The second-order valence-corrected chi connectivity index (χ2v) is 7.39. The van der Waals surface area contributed by atoms with Crippen LogP contribution in [-0.4, -0.2) is 21.0 Å². The molecule has 0 bridgehead atoms. The molecule has 30 heavy (non-hydrogen) atoms. The van der Waals surface area contributed by atoms with Gasteiger partial charge in [-0.05, 0) is 18.2 Å². The number of anilines is 1. The lowest BCUT2D eigenvalue weighted by Gasteiger charge is -2.17. The van der Waals surface area contributed by atoms with Crippen molar-refractivity contribution < 1.29 is 50.4 Å². The molecule has 3 N–H and O–H groups in total. The second kappa shape index (κ2) is 8.13. The maximum Gasteiger partial charge on any atom is 0.420 e. The van der Waals surface area contributed by atoms with E-state index in [0.29, 0.717) is 18.2 Å². The fourth-order valence-corrected chi connectivity index (χ4v) is 2.59. The fraction of sp³-hybridized carbons (Fsp3) is 0.200. The van der Waals surface area contributed by atoms with E-state index in [9.17, 15) is 41.0 Å². The Bertz CT molecular complexity index is 1000. The zero-order valence-corrected chi connectivity index (χ0v) is 15.3. The number of halogens is 6. The Balaban J connectivity index is 2.58. The molecule has 15 heteroatoms. The van der Waals surface area contributed by atoms with Crippen molar-refractivity contribution >= 4 is 19.0 Å². The van der Waals surface area contributed by atoms with Crippen LogP contribution in [0.15, 0.2) is 36.4 Å². The van der Waals surface area contributed by atoms with Gasteiger partial charge in [0.2, 0.25) is 0 Å². The second-order valence-electron chi connectivity index (χ2n) is 5.75. The van der Waals surface area contributed by atoms with Crippen LogP contribution in [0.5, 0.6) is 11.5 Å². The van der Waals surface area contributed by atoms with Crippen LogP contribution in [0, 0.1) is 10.1 Å². The van der Waals surface area contributed by atoms with Gasteiger partial charge in [-0.3, -0.25) is 14.7 Å². The number of hydrogen-bond acceptors (Lipinski definition) is 5. The van der Waals surface area contributed by atoms with Gasteiger partial charge < -0.3 is 19.8 Å². The number of alkyl halides is 6. The molecule has 2 aromatic rings. The number of hydrogen-bond donors (Lipinski definition) is 3. The highest BCUT2D eigenvalue weighted by Crippen LogP contribution is 2.45. The van der Waals surface area contributed by atoms with E-state index in [1.807, 2.05) is 5.32 Å². The highest BCUT2D eigenvalue weighted by atomic mass is 31.2. The number of nitrogens with one attached hydrogen (secondary N) is 1. The van der Waals surface area contributed by atoms with Gasteiger partial charge in [0.15, 0.2) is 0 Å². The summed E-state index contributed by atoms with van der Waals surface area (Å²) in [5, 5.41) is 13.0. The zero-order chi connectivity index (χ0) is 22.9. The monoisotopic (exact) mass is 460 g/mol. The SMILES string of the molecule is O=[N+]([O-])c1cc(C(F)(F)F)c(Oc2cccc(C(F)(F)F)c2)cc1NCP(=O)(O)O. The van der Waals surface area contributed by atoms with E-state index in [0.717, 1.165) is 12.1 Å². The van der Waals surface area contributed by atoms with Crippen molar-refractivity contribution in [3.05, 3.63) is 57.6 Å². The summed E-state index contributed by atoms with van der Waals surface area (Å²) in [5.41, 5.74) is -4.80. The lowest BCUT2D eigenvalue weighted by Crippen LogP contribution is -2.11. The highest BCUT2D eigenvalue weighted by Gasteiger charge is 2.38. The summed E-state index contributed by atoms with van der Waals surface area (Å²) < 4.78 is 94.3. The Hall–Kier alpha value is -2.83. The largest absolute Gasteiger partial charge is 0.457 e. The molecule has 2 rings (SSSR count). The van der Waals surface area contributed by atoms with Gasteiger partial charge in [0.05, 0.1) is 10.5 Å². The van der Waals surface area contributed by atoms with Crippen molar-refractivity contribution in [2.24, 2.45) is 0 Å². The first-order valence-electron chi connectivity index (χ1n) is 7.61. The molecule has 0 amide bonds. The molecule has 0 fully saturated rings. The predicted molar refractivity (Wildman–Crippen MR) is 90.2 cm³/mol. The molecule has 0 aliphatic heterocycles. The molecule has 164 valence electrons. The molecule has 0 spiro atoms. The Morgan fingerprint density at radius 1 is 1.07 bits per heavy atom. The van der Waals surface area contributed by atoms with Crippen LogP contribution >= 0.6 is 7.60 Å². The molecule has 0 atom stereocenters. The number of benzene rings is 2. The quantitative estimate of drug-likeness (QED) is 0.241. The summed E-state index contributed by atoms with van der Waals surface area (Å²) in [6.07, 6.45) is -11.1. The average molecular weight is 460 g/mol. The molecule has 0 unspecified atom stereocenters. The maximum atomic E-state index is 13.3. The van der Waals surface area contributed by atoms with E-state index < -0.39 is 65.2 Å². The summed E-state index contributed by atoms with van der Waals surface area (Å²) in [7, 11) is -4.75. The van der Waals surface area contributed by atoms with Crippen LogP contribution in [-0.2, 0) is 16.9 Å². The standard InChI is InChI=1S/C15H11F6N2O6P/c16-14(17,18)8-2-1-3-9(4-8)29-13-6-11(22-7-30(26,27)28)12(23(24)25)5-10(13)15(19,20)21/h1-6,22H,7H2,(H2,26,27,28). The van der Waals surface area contributed by atoms with Crippen LogP contribution in [0.25, 0.3) is 0 Å². The summed E-state index contributed by atoms with van der Waals surface area (Å²) in [6.45, 7) is 0. The van der Waals surface area contributed by atoms with Crippen molar-refractivity contribution in [1.29, 1.82) is 0 Å². The van der Waals surface area contributed by atoms with E-state index in [4.69, 9.17) is 14.5 Å². The van der Waals surface area contributed by atoms with Gasteiger partial charge in [0.1, 0.15) is 29.0 Å². The Morgan fingerprint density at radius 2 is 1.70 bits per heavy atom. The van der Waals surface area contributed by atoms with Crippen LogP contribution < -0.4 is 10.1 Å². The third kappa shape index (κ3) is 6.08. The van der Waals surface area contributed by atoms with Gasteiger partial charge in [0, 0.05) is 12.1 Å². The molecule has 0 heterocycles. The molecule has 0 saturated carbocycles. The first-order valence-corrected chi connectivity index (χ1v) is 9.41. The van der Waals surface area contributed by atoms with E-state index in [-0.39, 0.29) is 6.07 Å². The summed E-state index contributed by atoms with van der Waals surface area (Å²) >= 11 is 0. The van der Waals surface area contributed by atoms with Gasteiger partial charge in [-0.25, -0.2) is 0 Å². The van der Waals surface area contributed by atoms with Crippen LogP contribution in [0.4, 0.5) is 37.7 Å². The third-order valence-electron chi connectivity index (χ3n) is 3.46. The number of rotatable bonds is 6. The van der Waals surface area contributed by atoms with Crippen molar-refractivity contribution in [2.45, 2.75) is 12.4 Å². The topological polar surface area (TPSA) is 122 Å². The molecular formula is C15H11F6N2O6P. The molecular weight excluding hydrogens is 449 g/mol. The van der Waals surface area contributed by atoms with Gasteiger partial charge >= 0.3 is 19.9 Å². The molecule has 0 saturated heterocycles. The summed E-state index contributed by atoms with van der Waals surface area (Å²) in [5.74, 6) is -1.76. The molecule has 0 aliphatic rings. The normalized spacial score (nSPS) is 12.5. The van der Waals surface area contributed by atoms with Crippen molar-refractivity contribution in [1.82, 2.24) is 0 Å². The lowest BCUT2D eigenvalue weighted by molar-refractivity contribution is -0.384. The maximum absolute atomic E-state index is 13.3. The number of nitro benzene ring substituents is 1. The van der Waals surface area contributed by atoms with Crippen molar-refractivity contribution in [2.75, 3.05) is 11.6 Å². The number of ether oxygens (including phenoxy) is 1. The van der Waals surface area contributed by atoms with Crippen LogP contribution in [0.1, 0.15) is 11.1 Å². The fourth-order valence-electron chi connectivity index (χ4n) is 2.22. The average Bonchev–Trinajstić information content (AvgIpc) is 2.57. The van der Waals surface area contributed by atoms with E-state index in [1.165, 1.54) is 0 Å². The minimum absolute atomic E-state index is 0.0466. The van der Waals surface area contributed by atoms with E-state index in [2.05, 4.69) is 0 Å². The van der Waals surface area contributed by atoms with Crippen molar-refractivity contribution in [3.63, 3.8) is 0 Å². The Kier molecular flexibility index (Phi) is 6.35. The predicted octanol–water partition coefficient (Wildman–Crippen LogP) is 4.97. The minimum Gasteiger partial charge on any atom is -0.457 e. The van der Waals surface area contributed by atoms with E-state index in [1.54, 1.807) is 0 Å². The molecule has 0 radical (unpaired) electrons. The van der Waals surface area contributed by atoms with Gasteiger partial charge in [-0.2, -0.15) is 26.3 Å². The van der Waals surface area contributed by atoms with Crippen LogP contribution in [0.3, 0.4) is 0 Å².